The second kappa shape index (κ2) is 3.75. The number of nitrogens with two attached hydrogens (primary N) is 1. The Morgan fingerprint density at radius 2 is 2.00 bits per heavy atom. The molecule has 1 aliphatic heterocycles. The number of likely N-dealkylation sites (tertiary alicyclic amines) is 1. The van der Waals surface area contributed by atoms with Crippen molar-refractivity contribution in [2.24, 2.45) is 5.73 Å². The van der Waals surface area contributed by atoms with Crippen molar-refractivity contribution in [1.82, 2.24) is 4.90 Å². The van der Waals surface area contributed by atoms with Crippen LogP contribution < -0.4 is 5.73 Å². The average molecular weight is 170 g/mol. The zero-order valence-electron chi connectivity index (χ0n) is 8.64. The fourth-order valence-electron chi connectivity index (χ4n) is 1.99. The predicted molar refractivity (Wildman–Crippen MR) is 53.2 cm³/mol. The Labute approximate surface area is 76.1 Å². The van der Waals surface area contributed by atoms with Crippen LogP contribution in [-0.4, -0.2) is 29.6 Å². The van der Waals surface area contributed by atoms with E-state index in [9.17, 15) is 0 Å². The van der Waals surface area contributed by atoms with Crippen molar-refractivity contribution in [3.63, 3.8) is 0 Å². The maximum absolute atomic E-state index is 6.15. The van der Waals surface area contributed by atoms with Crippen LogP contribution in [0.1, 0.15) is 40.0 Å². The largest absolute Gasteiger partial charge is 0.323 e. The lowest BCUT2D eigenvalue weighted by molar-refractivity contribution is 0.0287. The van der Waals surface area contributed by atoms with Crippen LogP contribution in [0, 0.1) is 0 Å². The van der Waals surface area contributed by atoms with E-state index in [1.165, 1.54) is 19.3 Å². The number of hydrogen-bond donors (Lipinski definition) is 1. The van der Waals surface area contributed by atoms with Crippen molar-refractivity contribution >= 4 is 0 Å². The Balaban J connectivity index is 2.26. The monoisotopic (exact) mass is 170 g/mol. The Bertz CT molecular complexity index is 139. The van der Waals surface area contributed by atoms with Crippen LogP contribution in [0.25, 0.3) is 0 Å². The summed E-state index contributed by atoms with van der Waals surface area (Å²) in [5, 5.41) is 0. The Hall–Kier alpha value is -0.0800. The van der Waals surface area contributed by atoms with Gasteiger partial charge in [-0.25, -0.2) is 0 Å². The number of rotatable bonds is 4. The zero-order valence-corrected chi connectivity index (χ0v) is 8.64. The first-order chi connectivity index (χ1) is 5.61. The molecule has 0 bridgehead atoms. The highest BCUT2D eigenvalue weighted by Crippen LogP contribution is 2.25. The summed E-state index contributed by atoms with van der Waals surface area (Å²) >= 11 is 0. The second-order valence-electron chi connectivity index (χ2n) is 4.27. The van der Waals surface area contributed by atoms with Gasteiger partial charge in [0, 0.05) is 24.7 Å². The highest BCUT2D eigenvalue weighted by Gasteiger charge is 2.39. The molecular formula is C10H22N2. The maximum Gasteiger partial charge on any atom is 0.0412 e. The maximum atomic E-state index is 6.15. The van der Waals surface area contributed by atoms with Gasteiger partial charge < -0.3 is 5.73 Å². The molecule has 0 aliphatic carbocycles. The van der Waals surface area contributed by atoms with Gasteiger partial charge in [0.15, 0.2) is 0 Å². The molecule has 12 heavy (non-hydrogen) atoms. The van der Waals surface area contributed by atoms with Gasteiger partial charge in [-0.3, -0.25) is 4.90 Å². The average Bonchev–Trinajstić information content (AvgIpc) is 1.99. The van der Waals surface area contributed by atoms with Gasteiger partial charge in [-0.2, -0.15) is 0 Å². The summed E-state index contributed by atoms with van der Waals surface area (Å²) in [6.45, 7) is 8.94. The molecule has 0 amide bonds. The molecule has 0 saturated carbocycles. The van der Waals surface area contributed by atoms with E-state index in [1.54, 1.807) is 0 Å². The van der Waals surface area contributed by atoms with E-state index in [1.807, 2.05) is 0 Å². The molecule has 1 unspecified atom stereocenters. The second-order valence-corrected chi connectivity index (χ2v) is 4.27. The van der Waals surface area contributed by atoms with Crippen LogP contribution in [0.4, 0.5) is 0 Å². The number of hydrogen-bond acceptors (Lipinski definition) is 2. The number of nitrogens with zero attached hydrogens (tertiary/aromatic N) is 1. The molecule has 2 heteroatoms. The smallest absolute Gasteiger partial charge is 0.0412 e. The minimum absolute atomic E-state index is 0.151. The summed E-state index contributed by atoms with van der Waals surface area (Å²) in [7, 11) is 0. The summed E-state index contributed by atoms with van der Waals surface area (Å²) in [5.74, 6) is 0. The SMILES string of the molecule is CCCC1(N)CN(C(C)CC)C1. The normalized spacial score (nSPS) is 25.0. The van der Waals surface area contributed by atoms with E-state index in [0.717, 1.165) is 19.1 Å². The lowest BCUT2D eigenvalue weighted by Crippen LogP contribution is -2.68. The molecular weight excluding hydrogens is 148 g/mol. The van der Waals surface area contributed by atoms with Crippen LogP contribution in [0.3, 0.4) is 0 Å². The molecule has 2 N–H and O–H groups in total. The molecule has 1 heterocycles. The third kappa shape index (κ3) is 1.99. The Morgan fingerprint density at radius 1 is 1.42 bits per heavy atom. The van der Waals surface area contributed by atoms with Crippen molar-refractivity contribution in [3.8, 4) is 0 Å². The van der Waals surface area contributed by atoms with Gasteiger partial charge in [-0.15, -0.1) is 0 Å². The third-order valence-corrected chi connectivity index (χ3v) is 3.00. The van der Waals surface area contributed by atoms with Crippen LogP contribution in [0.5, 0.6) is 0 Å². The molecule has 0 spiro atoms. The van der Waals surface area contributed by atoms with Gasteiger partial charge in [0.25, 0.3) is 0 Å². The van der Waals surface area contributed by atoms with Crippen molar-refractivity contribution in [2.45, 2.75) is 51.6 Å². The quantitative estimate of drug-likeness (QED) is 0.694. The van der Waals surface area contributed by atoms with Crippen molar-refractivity contribution in [1.29, 1.82) is 0 Å². The molecule has 0 radical (unpaired) electrons. The van der Waals surface area contributed by atoms with Crippen LogP contribution in [-0.2, 0) is 0 Å². The third-order valence-electron chi connectivity index (χ3n) is 3.00. The summed E-state index contributed by atoms with van der Waals surface area (Å²) in [5.41, 5.74) is 6.31. The molecule has 0 aromatic carbocycles. The molecule has 1 atom stereocenters. The van der Waals surface area contributed by atoms with Gasteiger partial charge in [0.05, 0.1) is 0 Å². The van der Waals surface area contributed by atoms with Gasteiger partial charge in [-0.1, -0.05) is 20.3 Å². The van der Waals surface area contributed by atoms with Gasteiger partial charge in [0.1, 0.15) is 0 Å². The molecule has 0 aromatic rings. The fraction of sp³-hybridized carbons (Fsp3) is 1.00. The minimum Gasteiger partial charge on any atom is -0.323 e. The van der Waals surface area contributed by atoms with E-state index in [-0.39, 0.29) is 5.54 Å². The molecule has 0 aromatic heterocycles. The lowest BCUT2D eigenvalue weighted by Gasteiger charge is -2.50. The molecule has 1 saturated heterocycles. The Morgan fingerprint density at radius 3 is 2.42 bits per heavy atom. The van der Waals surface area contributed by atoms with E-state index in [4.69, 9.17) is 5.73 Å². The molecule has 1 aliphatic rings. The summed E-state index contributed by atoms with van der Waals surface area (Å²) < 4.78 is 0. The van der Waals surface area contributed by atoms with Gasteiger partial charge >= 0.3 is 0 Å². The summed E-state index contributed by atoms with van der Waals surface area (Å²) in [4.78, 5) is 2.48. The summed E-state index contributed by atoms with van der Waals surface area (Å²) in [6, 6.07) is 0.721. The fourth-order valence-corrected chi connectivity index (χ4v) is 1.99. The van der Waals surface area contributed by atoms with Crippen molar-refractivity contribution in [3.05, 3.63) is 0 Å². The molecule has 1 fully saturated rings. The topological polar surface area (TPSA) is 29.3 Å². The first-order valence-electron chi connectivity index (χ1n) is 5.14. The Kier molecular flexibility index (Phi) is 3.13. The van der Waals surface area contributed by atoms with Crippen LogP contribution in [0.15, 0.2) is 0 Å². The van der Waals surface area contributed by atoms with Gasteiger partial charge in [-0.05, 0) is 19.8 Å². The summed E-state index contributed by atoms with van der Waals surface area (Å²) in [6.07, 6.45) is 3.63. The first-order valence-corrected chi connectivity index (χ1v) is 5.14. The van der Waals surface area contributed by atoms with E-state index in [2.05, 4.69) is 25.7 Å². The van der Waals surface area contributed by atoms with Crippen LogP contribution >= 0.6 is 0 Å². The molecule has 1 rings (SSSR count). The van der Waals surface area contributed by atoms with E-state index in [0.29, 0.717) is 0 Å². The molecule has 72 valence electrons. The first kappa shape index (κ1) is 10.0. The van der Waals surface area contributed by atoms with Gasteiger partial charge in [0.2, 0.25) is 0 Å². The minimum atomic E-state index is 0.151. The van der Waals surface area contributed by atoms with E-state index >= 15 is 0 Å². The lowest BCUT2D eigenvalue weighted by atomic mass is 9.85. The van der Waals surface area contributed by atoms with E-state index < -0.39 is 0 Å². The van der Waals surface area contributed by atoms with Crippen molar-refractivity contribution < 1.29 is 0 Å². The highest BCUT2D eigenvalue weighted by atomic mass is 15.3. The van der Waals surface area contributed by atoms with Crippen molar-refractivity contribution in [2.75, 3.05) is 13.1 Å². The molecule has 2 nitrogen and oxygen atoms in total. The highest BCUT2D eigenvalue weighted by molar-refractivity contribution is 5.00. The van der Waals surface area contributed by atoms with Crippen LogP contribution in [0.2, 0.25) is 0 Å². The predicted octanol–water partition coefficient (Wildman–Crippen LogP) is 1.60. The zero-order chi connectivity index (χ0) is 9.19. The standard InChI is InChI=1S/C10H22N2/c1-4-6-10(11)7-12(8-10)9(3)5-2/h9H,4-8,11H2,1-3H3.